The largest absolute Gasteiger partial charge is 0.444 e. The second-order valence-corrected chi connectivity index (χ2v) is 13.5. The van der Waals surface area contributed by atoms with Crippen LogP contribution in [-0.4, -0.2) is 79.8 Å². The normalized spacial score (nSPS) is 17.6. The van der Waals surface area contributed by atoms with Crippen molar-refractivity contribution in [2.75, 3.05) is 37.0 Å². The van der Waals surface area contributed by atoms with Crippen LogP contribution in [0.1, 0.15) is 51.8 Å². The van der Waals surface area contributed by atoms with E-state index in [4.69, 9.17) is 43.7 Å². The molecule has 1 aliphatic rings. The standard InChI is InChI=1S/C32H41Cl2N9O2/c1-20-18-43(21(2)17-42(20)27(22-7-11-24(33)12-8-22)23-9-13-25(34)14-10-23)29-26-28(37-30(38-29)39-35)41(19-36-26)16-15-40(6)31(44)45-32(3,4)5/h7-14,19-21,27H,15-18,35H2,1-6H3,(H,37,38,39)/t20-,21+/m1/s1. The monoisotopic (exact) mass is 653 g/mol. The quantitative estimate of drug-likeness (QED) is 0.175. The maximum Gasteiger partial charge on any atom is 0.410 e. The van der Waals surface area contributed by atoms with E-state index in [-0.39, 0.29) is 24.2 Å². The van der Waals surface area contributed by atoms with Crippen molar-refractivity contribution in [3.05, 3.63) is 76.0 Å². The summed E-state index contributed by atoms with van der Waals surface area (Å²) in [5.41, 5.74) is 5.67. The Morgan fingerprint density at radius 2 is 1.62 bits per heavy atom. The first kappa shape index (κ1) is 32.7. The number of likely N-dealkylation sites (N-methyl/N-ethyl adjacent to an activating group) is 1. The number of ether oxygens (including phenoxy) is 1. The Kier molecular flexibility index (Phi) is 9.74. The first-order chi connectivity index (χ1) is 21.3. The van der Waals surface area contributed by atoms with Crippen LogP contribution in [0.5, 0.6) is 0 Å². The average Bonchev–Trinajstić information content (AvgIpc) is 3.41. The number of halogens is 2. The zero-order valence-electron chi connectivity index (χ0n) is 26.5. The van der Waals surface area contributed by atoms with Gasteiger partial charge in [0.2, 0.25) is 5.95 Å². The van der Waals surface area contributed by atoms with Crippen LogP contribution in [0.4, 0.5) is 16.6 Å². The van der Waals surface area contributed by atoms with Gasteiger partial charge in [-0.2, -0.15) is 9.97 Å². The summed E-state index contributed by atoms with van der Waals surface area (Å²) in [7, 11) is 1.71. The molecule has 13 heteroatoms. The molecule has 240 valence electrons. The van der Waals surface area contributed by atoms with Crippen LogP contribution < -0.4 is 16.2 Å². The van der Waals surface area contributed by atoms with Crippen LogP contribution in [0.2, 0.25) is 10.0 Å². The zero-order chi connectivity index (χ0) is 32.5. The van der Waals surface area contributed by atoms with E-state index in [1.54, 1.807) is 18.3 Å². The van der Waals surface area contributed by atoms with Gasteiger partial charge in [0.1, 0.15) is 5.60 Å². The Bertz CT molecular complexity index is 1580. The lowest BCUT2D eigenvalue weighted by atomic mass is 9.93. The maximum atomic E-state index is 12.5. The molecule has 1 fully saturated rings. The second kappa shape index (κ2) is 13.4. The van der Waals surface area contributed by atoms with E-state index in [9.17, 15) is 4.79 Å². The van der Waals surface area contributed by atoms with Gasteiger partial charge in [-0.15, -0.1) is 0 Å². The van der Waals surface area contributed by atoms with E-state index in [0.717, 1.165) is 17.7 Å². The minimum Gasteiger partial charge on any atom is -0.444 e. The fraction of sp³-hybridized carbons (Fsp3) is 0.438. The highest BCUT2D eigenvalue weighted by molar-refractivity contribution is 6.30. The third kappa shape index (κ3) is 7.44. The molecule has 2 atom stereocenters. The van der Waals surface area contributed by atoms with Crippen LogP contribution in [0.3, 0.4) is 0 Å². The second-order valence-electron chi connectivity index (χ2n) is 12.6. The number of piperazine rings is 1. The number of amides is 1. The molecule has 0 spiro atoms. The summed E-state index contributed by atoms with van der Waals surface area (Å²) in [6.45, 7) is 12.3. The van der Waals surface area contributed by atoms with E-state index >= 15 is 0 Å². The first-order valence-corrected chi connectivity index (χ1v) is 15.8. The Hall–Kier alpha value is -3.64. The van der Waals surface area contributed by atoms with Crippen molar-refractivity contribution in [3.63, 3.8) is 0 Å². The van der Waals surface area contributed by atoms with Crippen molar-refractivity contribution < 1.29 is 9.53 Å². The topological polar surface area (TPSA) is 118 Å². The van der Waals surface area contributed by atoms with E-state index in [0.29, 0.717) is 52.6 Å². The number of aromatic nitrogens is 4. The Labute approximate surface area is 274 Å². The van der Waals surface area contributed by atoms with E-state index in [1.807, 2.05) is 49.6 Å². The lowest BCUT2D eigenvalue weighted by Gasteiger charge is -2.48. The summed E-state index contributed by atoms with van der Waals surface area (Å²) < 4.78 is 7.40. The van der Waals surface area contributed by atoms with E-state index in [1.165, 1.54) is 0 Å². The molecule has 1 aliphatic heterocycles. The third-order valence-electron chi connectivity index (χ3n) is 7.97. The van der Waals surface area contributed by atoms with Gasteiger partial charge < -0.3 is 19.1 Å². The van der Waals surface area contributed by atoms with Crippen molar-refractivity contribution in [2.24, 2.45) is 5.84 Å². The number of nitrogens with zero attached hydrogens (tertiary/aromatic N) is 7. The smallest absolute Gasteiger partial charge is 0.410 e. The van der Waals surface area contributed by atoms with Crippen LogP contribution >= 0.6 is 23.2 Å². The van der Waals surface area contributed by atoms with Gasteiger partial charge in [-0.05, 0) is 70.0 Å². The summed E-state index contributed by atoms with van der Waals surface area (Å²) >= 11 is 12.5. The van der Waals surface area contributed by atoms with Gasteiger partial charge in [-0.3, -0.25) is 10.3 Å². The average molecular weight is 655 g/mol. The number of anilines is 2. The molecule has 0 radical (unpaired) electrons. The number of hydrogen-bond acceptors (Lipinski definition) is 9. The number of nitrogens with one attached hydrogen (secondary N) is 1. The highest BCUT2D eigenvalue weighted by atomic mass is 35.5. The molecule has 1 saturated heterocycles. The van der Waals surface area contributed by atoms with E-state index in [2.05, 4.69) is 58.3 Å². The van der Waals surface area contributed by atoms with Gasteiger partial charge in [0.15, 0.2) is 17.0 Å². The van der Waals surface area contributed by atoms with Gasteiger partial charge in [0, 0.05) is 55.4 Å². The number of hydrogen-bond donors (Lipinski definition) is 2. The number of fused-ring (bicyclic) bond motifs is 1. The molecule has 11 nitrogen and oxygen atoms in total. The lowest BCUT2D eigenvalue weighted by molar-refractivity contribution is 0.0294. The van der Waals surface area contributed by atoms with Crippen molar-refractivity contribution in [1.82, 2.24) is 29.3 Å². The minimum atomic E-state index is -0.571. The number of rotatable bonds is 8. The number of imidazole rings is 1. The molecule has 3 heterocycles. The molecule has 2 aromatic carbocycles. The number of hydrazine groups is 1. The van der Waals surface area contributed by atoms with Crippen molar-refractivity contribution in [2.45, 2.75) is 64.9 Å². The highest BCUT2D eigenvalue weighted by Crippen LogP contribution is 2.36. The van der Waals surface area contributed by atoms with E-state index < -0.39 is 5.60 Å². The Morgan fingerprint density at radius 3 is 2.18 bits per heavy atom. The lowest BCUT2D eigenvalue weighted by Crippen LogP contribution is -2.57. The number of benzene rings is 2. The van der Waals surface area contributed by atoms with Crippen molar-refractivity contribution in [1.29, 1.82) is 0 Å². The van der Waals surface area contributed by atoms with Crippen LogP contribution in [0.15, 0.2) is 54.9 Å². The summed E-state index contributed by atoms with van der Waals surface area (Å²) in [5, 5.41) is 1.40. The molecule has 0 bridgehead atoms. The molecule has 0 unspecified atom stereocenters. The summed E-state index contributed by atoms with van der Waals surface area (Å²) in [5.74, 6) is 6.84. The number of nitrogens with two attached hydrogens (primary N) is 1. The van der Waals surface area contributed by atoms with Gasteiger partial charge >= 0.3 is 6.09 Å². The SMILES string of the molecule is C[C@@H]1CN(c2nc(NN)nc3c2ncn3CCN(C)C(=O)OC(C)(C)C)[C@@H](C)CN1C(c1ccc(Cl)cc1)c1ccc(Cl)cc1. The maximum absolute atomic E-state index is 12.5. The van der Waals surface area contributed by atoms with Crippen LogP contribution in [0.25, 0.3) is 11.2 Å². The minimum absolute atomic E-state index is 0.00647. The molecule has 0 aliphatic carbocycles. The first-order valence-electron chi connectivity index (χ1n) is 15.0. The summed E-state index contributed by atoms with van der Waals surface area (Å²) in [6.07, 6.45) is 1.34. The molecule has 4 aromatic rings. The summed E-state index contributed by atoms with van der Waals surface area (Å²) in [6, 6.07) is 16.3. The Balaban J connectivity index is 1.42. The molecule has 2 aromatic heterocycles. The van der Waals surface area contributed by atoms with Crippen molar-refractivity contribution in [3.8, 4) is 0 Å². The molecule has 45 heavy (non-hydrogen) atoms. The third-order valence-corrected chi connectivity index (χ3v) is 8.47. The zero-order valence-corrected chi connectivity index (χ0v) is 28.0. The number of nitrogen functional groups attached to an aromatic ring is 1. The Morgan fingerprint density at radius 1 is 1.02 bits per heavy atom. The predicted molar refractivity (Wildman–Crippen MR) is 180 cm³/mol. The molecule has 5 rings (SSSR count). The number of carbonyl (C=O) groups excluding carboxylic acids is 1. The predicted octanol–water partition coefficient (Wildman–Crippen LogP) is 5.97. The highest BCUT2D eigenvalue weighted by Gasteiger charge is 2.36. The fourth-order valence-corrected chi connectivity index (χ4v) is 5.97. The van der Waals surface area contributed by atoms with Gasteiger partial charge in [0.05, 0.1) is 12.4 Å². The molecule has 3 N–H and O–H groups in total. The number of carbonyl (C=O) groups is 1. The van der Waals surface area contributed by atoms with Gasteiger partial charge in [-0.1, -0.05) is 47.5 Å². The summed E-state index contributed by atoms with van der Waals surface area (Å²) in [4.78, 5) is 33.0. The fourth-order valence-electron chi connectivity index (χ4n) is 5.72. The molecular formula is C32H41Cl2N9O2. The van der Waals surface area contributed by atoms with Crippen LogP contribution in [0, 0.1) is 0 Å². The van der Waals surface area contributed by atoms with Gasteiger partial charge in [0.25, 0.3) is 0 Å². The molecule has 0 saturated carbocycles. The van der Waals surface area contributed by atoms with Gasteiger partial charge in [-0.25, -0.2) is 15.6 Å². The van der Waals surface area contributed by atoms with Crippen molar-refractivity contribution >= 4 is 52.2 Å². The molecule has 1 amide bonds. The molecular weight excluding hydrogens is 613 g/mol. The van der Waals surface area contributed by atoms with Crippen LogP contribution in [-0.2, 0) is 11.3 Å².